The van der Waals surface area contributed by atoms with Crippen molar-refractivity contribution in [3.8, 4) is 0 Å². The summed E-state index contributed by atoms with van der Waals surface area (Å²) < 4.78 is 5.86. The zero-order valence-electron chi connectivity index (χ0n) is 11.7. The van der Waals surface area contributed by atoms with Gasteiger partial charge in [0.25, 0.3) is 0 Å². The van der Waals surface area contributed by atoms with E-state index in [1.54, 1.807) is 0 Å². The summed E-state index contributed by atoms with van der Waals surface area (Å²) in [6.45, 7) is 3.01. The molecule has 0 spiro atoms. The fraction of sp³-hybridized carbons (Fsp3) is 1.00. The summed E-state index contributed by atoms with van der Waals surface area (Å²) >= 11 is 0. The smallest absolute Gasteiger partial charge is 0.0591 e. The Morgan fingerprint density at radius 3 is 2.17 bits per heavy atom. The molecule has 0 saturated heterocycles. The molecule has 0 aromatic heterocycles. The lowest BCUT2D eigenvalue weighted by molar-refractivity contribution is 0.0847. The second-order valence-corrected chi connectivity index (χ2v) is 6.73. The maximum Gasteiger partial charge on any atom is 0.0591 e. The summed E-state index contributed by atoms with van der Waals surface area (Å²) in [6.07, 6.45) is 13.0. The minimum absolute atomic E-state index is 0.836. The Labute approximate surface area is 112 Å². The summed E-state index contributed by atoms with van der Waals surface area (Å²) in [5.41, 5.74) is 0. The van der Waals surface area contributed by atoms with Crippen LogP contribution in [0.25, 0.3) is 0 Å². The molecule has 1 N–H and O–H groups in total. The van der Waals surface area contributed by atoms with Crippen LogP contribution in [0.5, 0.6) is 0 Å². The highest BCUT2D eigenvalue weighted by Gasteiger charge is 2.40. The molecule has 2 nitrogen and oxygen atoms in total. The van der Waals surface area contributed by atoms with Crippen LogP contribution in [0.15, 0.2) is 0 Å². The van der Waals surface area contributed by atoms with Gasteiger partial charge in [-0.2, -0.15) is 0 Å². The van der Waals surface area contributed by atoms with Gasteiger partial charge in [0, 0.05) is 19.2 Å². The largest absolute Gasteiger partial charge is 0.380 e. The molecule has 3 aliphatic rings. The first-order valence-electron chi connectivity index (χ1n) is 8.24. The summed E-state index contributed by atoms with van der Waals surface area (Å²) in [6, 6.07) is 0.836. The van der Waals surface area contributed by atoms with Crippen molar-refractivity contribution in [2.24, 2.45) is 17.8 Å². The van der Waals surface area contributed by atoms with E-state index >= 15 is 0 Å². The zero-order valence-corrected chi connectivity index (χ0v) is 11.7. The van der Waals surface area contributed by atoms with E-state index in [9.17, 15) is 0 Å². The molecule has 2 heteroatoms. The van der Waals surface area contributed by atoms with Crippen molar-refractivity contribution in [1.29, 1.82) is 0 Å². The van der Waals surface area contributed by atoms with Crippen molar-refractivity contribution < 1.29 is 4.74 Å². The molecule has 0 bridgehead atoms. The topological polar surface area (TPSA) is 21.3 Å². The molecule has 3 aliphatic carbocycles. The first-order valence-corrected chi connectivity index (χ1v) is 8.24. The van der Waals surface area contributed by atoms with Crippen LogP contribution < -0.4 is 5.32 Å². The van der Waals surface area contributed by atoms with Gasteiger partial charge in [0.15, 0.2) is 0 Å². The van der Waals surface area contributed by atoms with Crippen LogP contribution in [-0.2, 0) is 4.74 Å². The Balaban J connectivity index is 1.23. The van der Waals surface area contributed by atoms with Crippen molar-refractivity contribution in [3.63, 3.8) is 0 Å². The lowest BCUT2D eigenvalue weighted by Crippen LogP contribution is -2.35. The van der Waals surface area contributed by atoms with Crippen molar-refractivity contribution in [3.05, 3.63) is 0 Å². The maximum atomic E-state index is 5.86. The van der Waals surface area contributed by atoms with Crippen molar-refractivity contribution in [2.45, 2.75) is 63.8 Å². The van der Waals surface area contributed by atoms with Crippen LogP contribution in [0.4, 0.5) is 0 Å². The van der Waals surface area contributed by atoms with Crippen LogP contribution >= 0.6 is 0 Å². The second kappa shape index (κ2) is 6.38. The third-order valence-corrected chi connectivity index (χ3v) is 4.96. The highest BCUT2D eigenvalue weighted by molar-refractivity contribution is 4.96. The van der Waals surface area contributed by atoms with E-state index in [4.69, 9.17) is 4.74 Å². The van der Waals surface area contributed by atoms with Gasteiger partial charge in [0.05, 0.1) is 6.61 Å². The Kier molecular flexibility index (Phi) is 4.58. The van der Waals surface area contributed by atoms with E-state index in [0.717, 1.165) is 43.6 Å². The molecule has 3 rings (SSSR count). The molecule has 0 amide bonds. The Morgan fingerprint density at radius 2 is 1.56 bits per heavy atom. The summed E-state index contributed by atoms with van der Waals surface area (Å²) in [4.78, 5) is 0. The van der Waals surface area contributed by atoms with Crippen molar-refractivity contribution >= 4 is 0 Å². The third-order valence-electron chi connectivity index (χ3n) is 4.96. The quantitative estimate of drug-likeness (QED) is 0.668. The molecule has 0 aromatic carbocycles. The minimum Gasteiger partial charge on any atom is -0.380 e. The van der Waals surface area contributed by atoms with E-state index in [0.29, 0.717) is 0 Å². The van der Waals surface area contributed by atoms with E-state index in [1.807, 2.05) is 0 Å². The van der Waals surface area contributed by atoms with Gasteiger partial charge in [-0.25, -0.2) is 0 Å². The number of hydrogen-bond acceptors (Lipinski definition) is 2. The lowest BCUT2D eigenvalue weighted by Gasteiger charge is -2.22. The van der Waals surface area contributed by atoms with E-state index in [-0.39, 0.29) is 0 Å². The number of rotatable bonds is 8. The molecule has 0 aliphatic heterocycles. The first-order chi connectivity index (χ1) is 8.93. The van der Waals surface area contributed by atoms with Crippen LogP contribution in [0.1, 0.15) is 57.8 Å². The molecular weight excluding hydrogens is 222 g/mol. The molecule has 3 saturated carbocycles. The first kappa shape index (κ1) is 12.9. The number of nitrogens with one attached hydrogen (secondary N) is 1. The number of hydrogen-bond donors (Lipinski definition) is 1. The Morgan fingerprint density at radius 1 is 0.889 bits per heavy atom. The Hall–Kier alpha value is -0.0800. The van der Waals surface area contributed by atoms with Gasteiger partial charge in [-0.15, -0.1) is 0 Å². The highest BCUT2D eigenvalue weighted by Crippen LogP contribution is 2.44. The van der Waals surface area contributed by atoms with Gasteiger partial charge >= 0.3 is 0 Å². The minimum atomic E-state index is 0.836. The van der Waals surface area contributed by atoms with Crippen LogP contribution in [0.3, 0.4) is 0 Å². The molecule has 0 atom stereocenters. The van der Waals surface area contributed by atoms with Gasteiger partial charge in [-0.3, -0.25) is 0 Å². The standard InChI is InChI=1S/C16H29NO/c1-2-4-13(5-3-1)12-18-11-10-17-16(14-6-7-14)15-8-9-15/h13-17H,1-12H2. The van der Waals surface area contributed by atoms with Crippen molar-refractivity contribution in [1.82, 2.24) is 5.32 Å². The van der Waals surface area contributed by atoms with Gasteiger partial charge < -0.3 is 10.1 Å². The van der Waals surface area contributed by atoms with Crippen LogP contribution in [-0.4, -0.2) is 25.8 Å². The second-order valence-electron chi connectivity index (χ2n) is 6.73. The van der Waals surface area contributed by atoms with Gasteiger partial charge in [0.1, 0.15) is 0 Å². The predicted octanol–water partition coefficient (Wildman–Crippen LogP) is 3.36. The average molecular weight is 251 g/mol. The van der Waals surface area contributed by atoms with E-state index < -0.39 is 0 Å². The molecule has 0 heterocycles. The normalized spacial score (nSPS) is 25.8. The lowest BCUT2D eigenvalue weighted by atomic mass is 9.90. The molecule has 18 heavy (non-hydrogen) atoms. The van der Waals surface area contributed by atoms with Gasteiger partial charge in [-0.1, -0.05) is 19.3 Å². The number of ether oxygens (including phenoxy) is 1. The third kappa shape index (κ3) is 3.96. The summed E-state index contributed by atoms with van der Waals surface area (Å²) in [5.74, 6) is 2.88. The SMILES string of the molecule is C1CCC(COCCNC(C2CC2)C2CC2)CC1. The average Bonchev–Trinajstić information content (AvgIpc) is 3.29. The van der Waals surface area contributed by atoms with Crippen LogP contribution in [0.2, 0.25) is 0 Å². The predicted molar refractivity (Wildman–Crippen MR) is 74.6 cm³/mol. The highest BCUT2D eigenvalue weighted by atomic mass is 16.5. The van der Waals surface area contributed by atoms with E-state index in [1.165, 1.54) is 57.8 Å². The van der Waals surface area contributed by atoms with E-state index in [2.05, 4.69) is 5.32 Å². The summed E-state index contributed by atoms with van der Waals surface area (Å²) in [5, 5.41) is 3.76. The molecular formula is C16H29NO. The fourth-order valence-electron chi connectivity index (χ4n) is 3.53. The van der Waals surface area contributed by atoms with Crippen molar-refractivity contribution in [2.75, 3.05) is 19.8 Å². The molecule has 0 unspecified atom stereocenters. The molecule has 0 aromatic rings. The van der Waals surface area contributed by atoms with Crippen LogP contribution in [0, 0.1) is 17.8 Å². The maximum absolute atomic E-state index is 5.86. The fourth-order valence-corrected chi connectivity index (χ4v) is 3.53. The summed E-state index contributed by atoms with van der Waals surface area (Å²) in [7, 11) is 0. The molecule has 3 fully saturated rings. The molecule has 0 radical (unpaired) electrons. The monoisotopic (exact) mass is 251 g/mol. The van der Waals surface area contributed by atoms with Gasteiger partial charge in [-0.05, 0) is 56.3 Å². The molecule has 104 valence electrons. The zero-order chi connectivity index (χ0) is 12.2. The van der Waals surface area contributed by atoms with Gasteiger partial charge in [0.2, 0.25) is 0 Å². The Bertz CT molecular complexity index is 229.